The van der Waals surface area contributed by atoms with Crippen LogP contribution in [0.25, 0.3) is 0 Å². The van der Waals surface area contributed by atoms with Gasteiger partial charge in [-0.05, 0) is 55.9 Å². The highest BCUT2D eigenvalue weighted by Gasteiger charge is 2.34. The number of rotatable bonds is 2. The van der Waals surface area contributed by atoms with Gasteiger partial charge in [-0.3, -0.25) is 9.59 Å². The smallest absolute Gasteiger partial charge is 0.251 e. The van der Waals surface area contributed by atoms with E-state index in [9.17, 15) is 9.59 Å². The third kappa shape index (κ3) is 3.15. The lowest BCUT2D eigenvalue weighted by Crippen LogP contribution is -2.48. The first-order chi connectivity index (χ1) is 11.1. The molecule has 2 unspecified atom stereocenters. The molecule has 6 heteroatoms. The predicted octanol–water partition coefficient (Wildman–Crippen LogP) is 2.03. The van der Waals surface area contributed by atoms with Gasteiger partial charge < -0.3 is 15.5 Å². The molecule has 0 saturated carbocycles. The molecule has 3 aliphatic rings. The van der Waals surface area contributed by atoms with E-state index in [0.29, 0.717) is 24.2 Å². The highest BCUT2D eigenvalue weighted by Crippen LogP contribution is 2.30. The molecular formula is C18H24ClN3O2. The molecule has 2 atom stereocenters. The third-order valence-corrected chi connectivity index (χ3v) is 5.43. The minimum atomic E-state index is 0. The lowest BCUT2D eigenvalue weighted by molar-refractivity contribution is -0.116. The lowest BCUT2D eigenvalue weighted by atomic mass is 9.99. The molecule has 4 rings (SSSR count). The van der Waals surface area contributed by atoms with Gasteiger partial charge in [0, 0.05) is 42.8 Å². The Balaban J connectivity index is 0.00000169. The van der Waals surface area contributed by atoms with Gasteiger partial charge in [0.25, 0.3) is 5.91 Å². The van der Waals surface area contributed by atoms with E-state index in [1.165, 1.54) is 12.8 Å². The van der Waals surface area contributed by atoms with Crippen LogP contribution in [0.4, 0.5) is 5.69 Å². The molecule has 0 aliphatic carbocycles. The maximum absolute atomic E-state index is 12.5. The molecule has 5 nitrogen and oxygen atoms in total. The van der Waals surface area contributed by atoms with Crippen molar-refractivity contribution in [3.05, 3.63) is 29.3 Å². The first-order valence-corrected chi connectivity index (χ1v) is 8.58. The van der Waals surface area contributed by atoms with Gasteiger partial charge in [0.1, 0.15) is 0 Å². The molecule has 2 fully saturated rings. The van der Waals surface area contributed by atoms with Gasteiger partial charge in [-0.2, -0.15) is 0 Å². The first kappa shape index (κ1) is 17.2. The fourth-order valence-corrected chi connectivity index (χ4v) is 4.31. The Morgan fingerprint density at radius 2 is 1.92 bits per heavy atom. The van der Waals surface area contributed by atoms with Crippen molar-refractivity contribution in [2.75, 3.05) is 11.4 Å². The van der Waals surface area contributed by atoms with E-state index < -0.39 is 0 Å². The van der Waals surface area contributed by atoms with Crippen molar-refractivity contribution in [1.82, 2.24) is 10.6 Å². The Kier molecular flexibility index (Phi) is 4.83. The summed E-state index contributed by atoms with van der Waals surface area (Å²) in [6.07, 6.45) is 5.36. The van der Waals surface area contributed by atoms with E-state index in [1.54, 1.807) is 11.8 Å². The number of hydrogen-bond acceptors (Lipinski definition) is 3. The van der Waals surface area contributed by atoms with Crippen molar-refractivity contribution in [3.63, 3.8) is 0 Å². The third-order valence-electron chi connectivity index (χ3n) is 5.43. The molecule has 2 amide bonds. The molecule has 2 bridgehead atoms. The molecule has 0 spiro atoms. The van der Waals surface area contributed by atoms with Crippen molar-refractivity contribution < 1.29 is 9.59 Å². The average molecular weight is 350 g/mol. The summed E-state index contributed by atoms with van der Waals surface area (Å²) in [4.78, 5) is 25.9. The van der Waals surface area contributed by atoms with Crippen LogP contribution in [0.2, 0.25) is 0 Å². The molecule has 1 aromatic rings. The van der Waals surface area contributed by atoms with Crippen molar-refractivity contribution in [2.24, 2.45) is 0 Å². The number of nitrogens with zero attached hydrogens (tertiary/aromatic N) is 1. The van der Waals surface area contributed by atoms with Gasteiger partial charge in [-0.25, -0.2) is 0 Å². The highest BCUT2D eigenvalue weighted by molar-refractivity contribution is 5.98. The number of carbonyl (C=O) groups is 2. The monoisotopic (exact) mass is 349 g/mol. The van der Waals surface area contributed by atoms with Gasteiger partial charge in [0.15, 0.2) is 0 Å². The lowest BCUT2D eigenvalue weighted by Gasteiger charge is -2.29. The summed E-state index contributed by atoms with van der Waals surface area (Å²) in [5, 5.41) is 6.80. The van der Waals surface area contributed by atoms with E-state index in [4.69, 9.17) is 0 Å². The highest BCUT2D eigenvalue weighted by atomic mass is 35.5. The van der Waals surface area contributed by atoms with Crippen molar-refractivity contribution in [2.45, 2.75) is 57.2 Å². The molecule has 0 aromatic heterocycles. The number of halogens is 1. The average Bonchev–Trinajstić information content (AvgIpc) is 3.09. The topological polar surface area (TPSA) is 61.4 Å². The van der Waals surface area contributed by atoms with E-state index in [-0.39, 0.29) is 30.3 Å². The summed E-state index contributed by atoms with van der Waals surface area (Å²) in [5.74, 6) is 0.0755. The van der Waals surface area contributed by atoms with Crippen molar-refractivity contribution >= 4 is 29.9 Å². The van der Waals surface area contributed by atoms with Crippen LogP contribution < -0.4 is 15.5 Å². The van der Waals surface area contributed by atoms with Crippen molar-refractivity contribution in [3.8, 4) is 0 Å². The summed E-state index contributed by atoms with van der Waals surface area (Å²) in [6, 6.07) is 7.12. The van der Waals surface area contributed by atoms with Crippen LogP contribution in [0.1, 0.15) is 48.5 Å². The summed E-state index contributed by atoms with van der Waals surface area (Å²) in [6.45, 7) is 2.30. The Labute approximate surface area is 148 Å². The van der Waals surface area contributed by atoms with E-state index >= 15 is 0 Å². The molecule has 3 heterocycles. The van der Waals surface area contributed by atoms with Gasteiger partial charge >= 0.3 is 0 Å². The van der Waals surface area contributed by atoms with Gasteiger partial charge in [-0.1, -0.05) is 0 Å². The number of piperidine rings is 1. The standard InChI is InChI=1S/C18H23N3O2.ClH/c1-11(22)21-7-6-12-8-13(2-5-17(12)21)18(23)20-16-9-14-3-4-15(10-16)19-14;/h2,5,8,14-16,19H,3-4,6-7,9-10H2,1H3,(H,20,23);1H. The number of hydrogen-bond donors (Lipinski definition) is 2. The van der Waals surface area contributed by atoms with Gasteiger partial charge in [-0.15, -0.1) is 12.4 Å². The summed E-state index contributed by atoms with van der Waals surface area (Å²) in [7, 11) is 0. The number of amides is 2. The minimum Gasteiger partial charge on any atom is -0.349 e. The van der Waals surface area contributed by atoms with Gasteiger partial charge in [0.05, 0.1) is 0 Å². The number of nitrogens with one attached hydrogen (secondary N) is 2. The maximum atomic E-state index is 12.5. The molecule has 0 radical (unpaired) electrons. The van der Waals surface area contributed by atoms with Crippen LogP contribution in [0.5, 0.6) is 0 Å². The number of anilines is 1. The quantitative estimate of drug-likeness (QED) is 0.858. The minimum absolute atomic E-state index is 0. The Bertz CT molecular complexity index is 652. The van der Waals surface area contributed by atoms with Crippen molar-refractivity contribution in [1.29, 1.82) is 0 Å². The first-order valence-electron chi connectivity index (χ1n) is 8.58. The normalized spacial score (nSPS) is 27.4. The fourth-order valence-electron chi connectivity index (χ4n) is 4.31. The van der Waals surface area contributed by atoms with Crippen LogP contribution in [0, 0.1) is 0 Å². The molecule has 2 N–H and O–H groups in total. The SMILES string of the molecule is CC(=O)N1CCc2cc(C(=O)NC3CC4CCC(C3)N4)ccc21.Cl. The summed E-state index contributed by atoms with van der Waals surface area (Å²) in [5.41, 5.74) is 2.76. The van der Waals surface area contributed by atoms with E-state index in [1.807, 2.05) is 18.2 Å². The largest absolute Gasteiger partial charge is 0.349 e. The second-order valence-electron chi connectivity index (χ2n) is 7.04. The number of benzene rings is 1. The molecule has 130 valence electrons. The van der Waals surface area contributed by atoms with Crippen LogP contribution in [0.15, 0.2) is 18.2 Å². The molecular weight excluding hydrogens is 326 g/mol. The second kappa shape index (κ2) is 6.73. The zero-order valence-corrected chi connectivity index (χ0v) is 14.7. The molecule has 1 aromatic carbocycles. The molecule has 24 heavy (non-hydrogen) atoms. The Morgan fingerprint density at radius 3 is 2.58 bits per heavy atom. The Hall–Kier alpha value is -1.59. The van der Waals surface area contributed by atoms with E-state index in [0.717, 1.165) is 30.5 Å². The van der Waals surface area contributed by atoms with Crippen LogP contribution in [0.3, 0.4) is 0 Å². The van der Waals surface area contributed by atoms with E-state index in [2.05, 4.69) is 10.6 Å². The Morgan fingerprint density at radius 1 is 1.21 bits per heavy atom. The summed E-state index contributed by atoms with van der Waals surface area (Å²) < 4.78 is 0. The molecule has 2 saturated heterocycles. The van der Waals surface area contributed by atoms with Crippen LogP contribution in [-0.4, -0.2) is 36.5 Å². The zero-order valence-electron chi connectivity index (χ0n) is 13.9. The zero-order chi connectivity index (χ0) is 16.0. The number of carbonyl (C=O) groups excluding carboxylic acids is 2. The predicted molar refractivity (Wildman–Crippen MR) is 95.9 cm³/mol. The maximum Gasteiger partial charge on any atom is 0.251 e. The van der Waals surface area contributed by atoms with Crippen LogP contribution >= 0.6 is 12.4 Å². The number of fused-ring (bicyclic) bond motifs is 3. The second-order valence-corrected chi connectivity index (χ2v) is 7.04. The van der Waals surface area contributed by atoms with Gasteiger partial charge in [0.2, 0.25) is 5.91 Å². The van der Waals surface area contributed by atoms with Crippen LogP contribution in [-0.2, 0) is 11.2 Å². The fraction of sp³-hybridized carbons (Fsp3) is 0.556. The summed E-state index contributed by atoms with van der Waals surface area (Å²) >= 11 is 0. The molecule has 3 aliphatic heterocycles.